The fourth-order valence-corrected chi connectivity index (χ4v) is 3.32. The quantitative estimate of drug-likeness (QED) is 0.806. The highest BCUT2D eigenvalue weighted by molar-refractivity contribution is 5.49. The monoisotopic (exact) mass is 233 g/mol. The van der Waals surface area contributed by atoms with Crippen molar-refractivity contribution in [3.05, 3.63) is 23.8 Å². The average molecular weight is 233 g/mol. The molecule has 3 heteroatoms. The fraction of sp³-hybridized carbons (Fsp3) is 0.571. The number of piperidine rings is 1. The number of benzene rings is 1. The molecule has 3 rings (SSSR count). The van der Waals surface area contributed by atoms with Crippen LogP contribution in [0.5, 0.6) is 11.5 Å². The molecule has 1 fully saturated rings. The SMILES string of the molecule is CCC12CCN(C)CC1Oc1ccc(O)cc12. The number of hydrogen-bond donors (Lipinski definition) is 1. The minimum absolute atomic E-state index is 0.112. The first-order chi connectivity index (χ1) is 8.15. The fourth-order valence-electron chi connectivity index (χ4n) is 3.32. The van der Waals surface area contributed by atoms with Crippen LogP contribution in [0.15, 0.2) is 18.2 Å². The van der Waals surface area contributed by atoms with Gasteiger partial charge in [-0.25, -0.2) is 0 Å². The Hall–Kier alpha value is -1.22. The molecule has 0 aromatic heterocycles. The second kappa shape index (κ2) is 3.64. The van der Waals surface area contributed by atoms with E-state index in [0.717, 1.165) is 31.7 Å². The van der Waals surface area contributed by atoms with Crippen LogP contribution < -0.4 is 4.74 Å². The van der Waals surface area contributed by atoms with Gasteiger partial charge in [0.05, 0.1) is 0 Å². The third kappa shape index (κ3) is 1.45. The molecule has 2 heterocycles. The topological polar surface area (TPSA) is 32.7 Å². The van der Waals surface area contributed by atoms with Crippen LogP contribution in [0, 0.1) is 0 Å². The van der Waals surface area contributed by atoms with Crippen molar-refractivity contribution in [1.82, 2.24) is 4.90 Å². The number of fused-ring (bicyclic) bond motifs is 3. The van der Waals surface area contributed by atoms with Crippen molar-refractivity contribution in [2.75, 3.05) is 20.1 Å². The lowest BCUT2D eigenvalue weighted by Gasteiger charge is -2.41. The van der Waals surface area contributed by atoms with E-state index < -0.39 is 0 Å². The second-order valence-corrected chi connectivity index (χ2v) is 5.31. The molecule has 1 aromatic carbocycles. The number of aromatic hydroxyl groups is 1. The Kier molecular flexibility index (Phi) is 2.33. The summed E-state index contributed by atoms with van der Waals surface area (Å²) in [6, 6.07) is 5.51. The van der Waals surface area contributed by atoms with E-state index in [1.54, 1.807) is 6.07 Å². The lowest BCUT2D eigenvalue weighted by atomic mass is 9.70. The second-order valence-electron chi connectivity index (χ2n) is 5.31. The van der Waals surface area contributed by atoms with Crippen LogP contribution in [0.4, 0.5) is 0 Å². The van der Waals surface area contributed by atoms with Crippen LogP contribution in [-0.2, 0) is 5.41 Å². The molecule has 1 N–H and O–H groups in total. The first-order valence-electron chi connectivity index (χ1n) is 6.34. The normalized spacial score (nSPS) is 31.8. The van der Waals surface area contributed by atoms with E-state index in [1.807, 2.05) is 12.1 Å². The predicted molar refractivity (Wildman–Crippen MR) is 66.6 cm³/mol. The van der Waals surface area contributed by atoms with Crippen LogP contribution in [0.25, 0.3) is 0 Å². The van der Waals surface area contributed by atoms with E-state index >= 15 is 0 Å². The minimum atomic E-state index is 0.112. The van der Waals surface area contributed by atoms with E-state index in [2.05, 4.69) is 18.9 Å². The number of ether oxygens (including phenoxy) is 1. The van der Waals surface area contributed by atoms with Gasteiger partial charge in [0.1, 0.15) is 17.6 Å². The molecule has 1 saturated heterocycles. The van der Waals surface area contributed by atoms with Crippen molar-refractivity contribution in [2.45, 2.75) is 31.3 Å². The summed E-state index contributed by atoms with van der Waals surface area (Å²) in [5.41, 5.74) is 1.32. The average Bonchev–Trinajstić information content (AvgIpc) is 2.63. The zero-order valence-electron chi connectivity index (χ0n) is 10.4. The van der Waals surface area contributed by atoms with E-state index in [-0.39, 0.29) is 11.5 Å². The maximum Gasteiger partial charge on any atom is 0.124 e. The zero-order valence-corrected chi connectivity index (χ0v) is 10.4. The number of likely N-dealkylation sites (N-methyl/N-ethyl adjacent to an activating group) is 1. The maximum absolute atomic E-state index is 9.68. The summed E-state index contributed by atoms with van der Waals surface area (Å²) in [4.78, 5) is 2.32. The molecular weight excluding hydrogens is 214 g/mol. The smallest absolute Gasteiger partial charge is 0.124 e. The summed E-state index contributed by atoms with van der Waals surface area (Å²) in [6.07, 6.45) is 2.42. The standard InChI is InChI=1S/C14H19NO2/c1-3-14-6-7-15(2)9-13(14)17-12-5-4-10(16)8-11(12)14/h4-5,8,13,16H,3,6-7,9H2,1-2H3. The van der Waals surface area contributed by atoms with Crippen molar-refractivity contribution in [3.8, 4) is 11.5 Å². The molecule has 0 bridgehead atoms. The molecule has 1 aromatic rings. The van der Waals surface area contributed by atoms with E-state index in [0.29, 0.717) is 5.75 Å². The molecular formula is C14H19NO2. The summed E-state index contributed by atoms with van der Waals surface area (Å²) in [7, 11) is 2.14. The van der Waals surface area contributed by atoms with E-state index in [1.165, 1.54) is 5.56 Å². The lowest BCUT2D eigenvalue weighted by molar-refractivity contribution is 0.0527. The van der Waals surface area contributed by atoms with Gasteiger partial charge in [0.25, 0.3) is 0 Å². The van der Waals surface area contributed by atoms with Gasteiger partial charge in [0.15, 0.2) is 0 Å². The van der Waals surface area contributed by atoms with Gasteiger partial charge in [-0.3, -0.25) is 0 Å². The van der Waals surface area contributed by atoms with Crippen molar-refractivity contribution in [1.29, 1.82) is 0 Å². The van der Waals surface area contributed by atoms with Crippen LogP contribution >= 0.6 is 0 Å². The van der Waals surface area contributed by atoms with Crippen LogP contribution in [0.2, 0.25) is 0 Å². The molecule has 2 aliphatic rings. The van der Waals surface area contributed by atoms with Crippen molar-refractivity contribution in [2.24, 2.45) is 0 Å². The van der Waals surface area contributed by atoms with Crippen LogP contribution in [-0.4, -0.2) is 36.2 Å². The minimum Gasteiger partial charge on any atom is -0.508 e. The lowest BCUT2D eigenvalue weighted by Crippen LogP contribution is -2.51. The van der Waals surface area contributed by atoms with Crippen LogP contribution in [0.1, 0.15) is 25.3 Å². The van der Waals surface area contributed by atoms with Gasteiger partial charge in [-0.1, -0.05) is 6.92 Å². The first kappa shape index (κ1) is 10.9. The van der Waals surface area contributed by atoms with E-state index in [4.69, 9.17) is 4.74 Å². The van der Waals surface area contributed by atoms with Gasteiger partial charge < -0.3 is 14.7 Å². The van der Waals surface area contributed by atoms with Crippen molar-refractivity contribution in [3.63, 3.8) is 0 Å². The summed E-state index contributed by atoms with van der Waals surface area (Å²) in [5.74, 6) is 1.31. The third-order valence-corrected chi connectivity index (χ3v) is 4.43. The van der Waals surface area contributed by atoms with Gasteiger partial charge >= 0.3 is 0 Å². The number of likely N-dealkylation sites (tertiary alicyclic amines) is 1. The molecule has 0 saturated carbocycles. The number of phenols is 1. The largest absolute Gasteiger partial charge is 0.508 e. The molecule has 3 nitrogen and oxygen atoms in total. The number of hydrogen-bond acceptors (Lipinski definition) is 3. The highest BCUT2D eigenvalue weighted by Crippen LogP contribution is 2.50. The van der Waals surface area contributed by atoms with Gasteiger partial charge in [-0.15, -0.1) is 0 Å². The Bertz CT molecular complexity index is 446. The summed E-state index contributed by atoms with van der Waals surface area (Å²) < 4.78 is 6.08. The molecule has 17 heavy (non-hydrogen) atoms. The van der Waals surface area contributed by atoms with Crippen molar-refractivity contribution >= 4 is 0 Å². The highest BCUT2D eigenvalue weighted by Gasteiger charge is 2.50. The maximum atomic E-state index is 9.68. The highest BCUT2D eigenvalue weighted by atomic mass is 16.5. The third-order valence-electron chi connectivity index (χ3n) is 4.43. The predicted octanol–water partition coefficient (Wildman–Crippen LogP) is 2.14. The van der Waals surface area contributed by atoms with Gasteiger partial charge in [0.2, 0.25) is 0 Å². The van der Waals surface area contributed by atoms with Gasteiger partial charge in [-0.2, -0.15) is 0 Å². The molecule has 0 radical (unpaired) electrons. The molecule has 0 amide bonds. The molecule has 0 aliphatic carbocycles. The Balaban J connectivity index is 2.08. The Labute approximate surface area is 102 Å². The number of nitrogens with zero attached hydrogens (tertiary/aromatic N) is 1. The Morgan fingerprint density at radius 3 is 3.12 bits per heavy atom. The Morgan fingerprint density at radius 2 is 2.35 bits per heavy atom. The zero-order chi connectivity index (χ0) is 12.0. The van der Waals surface area contributed by atoms with E-state index in [9.17, 15) is 5.11 Å². The van der Waals surface area contributed by atoms with Gasteiger partial charge in [0, 0.05) is 17.5 Å². The first-order valence-corrected chi connectivity index (χ1v) is 6.34. The number of phenolic OH excluding ortho intramolecular Hbond substituents is 1. The molecule has 2 unspecified atom stereocenters. The summed E-state index contributed by atoms with van der Waals surface area (Å²) in [5, 5.41) is 9.68. The molecule has 2 aliphatic heterocycles. The number of rotatable bonds is 1. The van der Waals surface area contributed by atoms with Crippen LogP contribution in [0.3, 0.4) is 0 Å². The Morgan fingerprint density at radius 1 is 1.53 bits per heavy atom. The van der Waals surface area contributed by atoms with Gasteiger partial charge in [-0.05, 0) is 44.6 Å². The molecule has 92 valence electrons. The summed E-state index contributed by atoms with van der Waals surface area (Å²) >= 11 is 0. The summed E-state index contributed by atoms with van der Waals surface area (Å²) in [6.45, 7) is 4.30. The van der Waals surface area contributed by atoms with Crippen molar-refractivity contribution < 1.29 is 9.84 Å². The molecule has 2 atom stereocenters. The molecule has 0 spiro atoms.